The molecule has 2 N–H and O–H groups in total. The van der Waals surface area contributed by atoms with Gasteiger partial charge in [0.2, 0.25) is 0 Å². The Bertz CT molecular complexity index is 675. The summed E-state index contributed by atoms with van der Waals surface area (Å²) in [6.07, 6.45) is 5.80. The quantitative estimate of drug-likeness (QED) is 0.590. The Labute approximate surface area is 181 Å². The summed E-state index contributed by atoms with van der Waals surface area (Å²) in [4.78, 5) is 4.76. The van der Waals surface area contributed by atoms with Crippen LogP contribution in [0.15, 0.2) is 73.1 Å². The van der Waals surface area contributed by atoms with Gasteiger partial charge in [-0.25, -0.2) is 0 Å². The zero-order chi connectivity index (χ0) is 18.6. The van der Waals surface area contributed by atoms with E-state index in [1.807, 2.05) is 0 Å². The number of nitrogens with zero attached hydrogens (tertiary/aromatic N) is 2. The standard InChI is InChI=1S/C23H31N3.HI/c1-19(2)22-25(3)16-17-26(22)15-14-23(18-24,20-10-6-4-7-11-20)21-12-8-5-9-13-21;/h4-13,16-17,19,22H,14-15,18,24H2,1-3H3;1H. The maximum Gasteiger partial charge on any atom is 0.103 e. The number of hydrogen-bond acceptors (Lipinski definition) is 3. The van der Waals surface area contributed by atoms with Crippen LogP contribution in [0, 0.1) is 5.92 Å². The van der Waals surface area contributed by atoms with Crippen LogP contribution in [0.4, 0.5) is 0 Å². The summed E-state index contributed by atoms with van der Waals surface area (Å²) >= 11 is 0. The first-order chi connectivity index (χ1) is 12.6. The highest BCUT2D eigenvalue weighted by atomic mass is 127. The second kappa shape index (κ2) is 9.60. The Morgan fingerprint density at radius 1 is 0.926 bits per heavy atom. The van der Waals surface area contributed by atoms with Crippen molar-refractivity contribution in [3.05, 3.63) is 84.2 Å². The van der Waals surface area contributed by atoms with Crippen molar-refractivity contribution < 1.29 is 0 Å². The molecule has 0 aliphatic carbocycles. The van der Waals surface area contributed by atoms with E-state index >= 15 is 0 Å². The summed E-state index contributed by atoms with van der Waals surface area (Å²) in [6.45, 7) is 6.14. The minimum atomic E-state index is -0.168. The number of rotatable bonds is 7. The van der Waals surface area contributed by atoms with Crippen molar-refractivity contribution >= 4 is 24.0 Å². The summed E-state index contributed by atoms with van der Waals surface area (Å²) in [5.74, 6) is 0.565. The molecule has 1 atom stereocenters. The van der Waals surface area contributed by atoms with Gasteiger partial charge in [0.15, 0.2) is 0 Å². The van der Waals surface area contributed by atoms with Crippen LogP contribution in [0.25, 0.3) is 0 Å². The van der Waals surface area contributed by atoms with E-state index in [4.69, 9.17) is 5.73 Å². The van der Waals surface area contributed by atoms with Crippen LogP contribution in [-0.2, 0) is 5.41 Å². The predicted molar refractivity (Wildman–Crippen MR) is 125 cm³/mol. The maximum absolute atomic E-state index is 6.43. The second-order valence-electron chi connectivity index (χ2n) is 7.63. The number of halogens is 1. The molecule has 1 unspecified atom stereocenters. The second-order valence-corrected chi connectivity index (χ2v) is 7.63. The third-order valence-corrected chi connectivity index (χ3v) is 5.64. The van der Waals surface area contributed by atoms with E-state index in [9.17, 15) is 0 Å². The Kier molecular flexibility index (Phi) is 7.74. The average molecular weight is 477 g/mol. The largest absolute Gasteiger partial charge is 0.359 e. The molecule has 4 heteroatoms. The summed E-state index contributed by atoms with van der Waals surface area (Å²) in [5.41, 5.74) is 8.86. The van der Waals surface area contributed by atoms with Crippen LogP contribution in [-0.4, -0.2) is 36.1 Å². The van der Waals surface area contributed by atoms with E-state index in [1.54, 1.807) is 0 Å². The van der Waals surface area contributed by atoms with E-state index in [0.29, 0.717) is 18.6 Å². The van der Waals surface area contributed by atoms with Crippen molar-refractivity contribution in [3.8, 4) is 0 Å². The van der Waals surface area contributed by atoms with Gasteiger partial charge in [-0.3, -0.25) is 0 Å². The molecule has 0 fully saturated rings. The Morgan fingerprint density at radius 2 is 1.44 bits per heavy atom. The van der Waals surface area contributed by atoms with Crippen LogP contribution in [0.1, 0.15) is 31.4 Å². The van der Waals surface area contributed by atoms with Crippen LogP contribution in [0.5, 0.6) is 0 Å². The van der Waals surface area contributed by atoms with E-state index in [-0.39, 0.29) is 29.4 Å². The van der Waals surface area contributed by atoms with Crippen molar-refractivity contribution in [2.75, 3.05) is 20.1 Å². The first-order valence-corrected chi connectivity index (χ1v) is 9.55. The minimum absolute atomic E-state index is 0. The highest BCUT2D eigenvalue weighted by Crippen LogP contribution is 2.36. The Morgan fingerprint density at radius 3 is 1.89 bits per heavy atom. The normalized spacial score (nSPS) is 16.7. The molecule has 0 saturated heterocycles. The van der Waals surface area contributed by atoms with E-state index in [0.717, 1.165) is 13.0 Å². The van der Waals surface area contributed by atoms with Gasteiger partial charge in [0.05, 0.1) is 0 Å². The van der Waals surface area contributed by atoms with Crippen LogP contribution >= 0.6 is 24.0 Å². The molecular weight excluding hydrogens is 445 g/mol. The fourth-order valence-electron chi connectivity index (χ4n) is 4.29. The summed E-state index contributed by atoms with van der Waals surface area (Å²) in [7, 11) is 2.16. The molecule has 0 bridgehead atoms. The molecule has 146 valence electrons. The summed E-state index contributed by atoms with van der Waals surface area (Å²) in [6, 6.07) is 21.5. The zero-order valence-corrected chi connectivity index (χ0v) is 18.9. The van der Waals surface area contributed by atoms with E-state index in [2.05, 4.69) is 104 Å². The van der Waals surface area contributed by atoms with Gasteiger partial charge >= 0.3 is 0 Å². The zero-order valence-electron chi connectivity index (χ0n) is 16.6. The van der Waals surface area contributed by atoms with Crippen molar-refractivity contribution in [1.82, 2.24) is 9.80 Å². The Hall–Kier alpha value is -1.53. The Balaban J connectivity index is 0.00000261. The molecule has 0 saturated carbocycles. The lowest BCUT2D eigenvalue weighted by Gasteiger charge is -2.39. The van der Waals surface area contributed by atoms with E-state index in [1.165, 1.54) is 11.1 Å². The van der Waals surface area contributed by atoms with Crippen LogP contribution in [0.2, 0.25) is 0 Å². The molecular formula is C23H32IN3. The first kappa shape index (κ1) is 21.8. The van der Waals surface area contributed by atoms with Gasteiger partial charge in [0.25, 0.3) is 0 Å². The lowest BCUT2D eigenvalue weighted by atomic mass is 9.72. The smallest absolute Gasteiger partial charge is 0.103 e. The van der Waals surface area contributed by atoms with Gasteiger partial charge in [-0.15, -0.1) is 24.0 Å². The molecule has 2 aromatic carbocycles. The maximum atomic E-state index is 6.43. The molecule has 3 rings (SSSR count). The lowest BCUT2D eigenvalue weighted by molar-refractivity contribution is 0.121. The molecule has 0 spiro atoms. The topological polar surface area (TPSA) is 32.5 Å². The molecule has 1 heterocycles. The number of hydrogen-bond donors (Lipinski definition) is 1. The van der Waals surface area contributed by atoms with Crippen molar-refractivity contribution in [2.24, 2.45) is 11.7 Å². The van der Waals surface area contributed by atoms with Gasteiger partial charge < -0.3 is 15.5 Å². The predicted octanol–water partition coefficient (Wildman–Crippen LogP) is 4.64. The van der Waals surface area contributed by atoms with Gasteiger partial charge in [-0.2, -0.15) is 0 Å². The lowest BCUT2D eigenvalue weighted by Crippen LogP contribution is -2.44. The third kappa shape index (κ3) is 4.49. The molecule has 2 aromatic rings. The molecule has 0 amide bonds. The van der Waals surface area contributed by atoms with Crippen molar-refractivity contribution in [3.63, 3.8) is 0 Å². The van der Waals surface area contributed by atoms with Gasteiger partial charge in [0.1, 0.15) is 6.17 Å². The van der Waals surface area contributed by atoms with Crippen molar-refractivity contribution in [1.29, 1.82) is 0 Å². The molecule has 0 aromatic heterocycles. The molecule has 1 aliphatic rings. The minimum Gasteiger partial charge on any atom is -0.359 e. The van der Waals surface area contributed by atoms with Gasteiger partial charge in [-0.05, 0) is 23.5 Å². The molecule has 3 nitrogen and oxygen atoms in total. The average Bonchev–Trinajstić information content (AvgIpc) is 3.05. The van der Waals surface area contributed by atoms with Gasteiger partial charge in [0, 0.05) is 38.0 Å². The SMILES string of the molecule is CC(C)C1N(C)C=CN1CCC(CN)(c1ccccc1)c1ccccc1.I. The van der Waals surface area contributed by atoms with Gasteiger partial charge in [-0.1, -0.05) is 74.5 Å². The van der Waals surface area contributed by atoms with Crippen molar-refractivity contribution in [2.45, 2.75) is 31.8 Å². The molecule has 1 aliphatic heterocycles. The molecule has 0 radical (unpaired) electrons. The first-order valence-electron chi connectivity index (χ1n) is 9.55. The fourth-order valence-corrected chi connectivity index (χ4v) is 4.29. The summed E-state index contributed by atoms with van der Waals surface area (Å²) < 4.78 is 0. The fraction of sp³-hybridized carbons (Fsp3) is 0.391. The van der Waals surface area contributed by atoms with Crippen LogP contribution in [0.3, 0.4) is 0 Å². The summed E-state index contributed by atoms with van der Waals surface area (Å²) in [5, 5.41) is 0. The third-order valence-electron chi connectivity index (χ3n) is 5.64. The number of nitrogens with two attached hydrogens (primary N) is 1. The highest BCUT2D eigenvalue weighted by Gasteiger charge is 2.35. The number of benzene rings is 2. The monoisotopic (exact) mass is 477 g/mol. The highest BCUT2D eigenvalue weighted by molar-refractivity contribution is 14.0. The molecule has 27 heavy (non-hydrogen) atoms. The van der Waals surface area contributed by atoms with Crippen LogP contribution < -0.4 is 5.73 Å². The van der Waals surface area contributed by atoms with E-state index < -0.39 is 0 Å².